The van der Waals surface area contributed by atoms with E-state index in [0.29, 0.717) is 12.2 Å². The number of carboxylic acids is 1. The molecule has 1 aromatic rings. The lowest BCUT2D eigenvalue weighted by molar-refractivity contribution is 0.0697. The summed E-state index contributed by atoms with van der Waals surface area (Å²) in [5.41, 5.74) is 0.468. The maximum absolute atomic E-state index is 12.0. The highest BCUT2D eigenvalue weighted by Crippen LogP contribution is 2.21. The summed E-state index contributed by atoms with van der Waals surface area (Å²) in [7, 11) is 1.70. The van der Waals surface area contributed by atoms with Crippen LogP contribution in [0.1, 0.15) is 31.1 Å². The number of rotatable bonds is 3. The van der Waals surface area contributed by atoms with Crippen LogP contribution in [0.2, 0.25) is 5.02 Å². The van der Waals surface area contributed by atoms with Gasteiger partial charge >= 0.3 is 12.0 Å². The number of urea groups is 1. The van der Waals surface area contributed by atoms with Gasteiger partial charge in [-0.3, -0.25) is 0 Å². The van der Waals surface area contributed by atoms with E-state index >= 15 is 0 Å². The van der Waals surface area contributed by atoms with Crippen molar-refractivity contribution in [2.45, 2.75) is 20.8 Å². The Balaban J connectivity index is 2.76. The van der Waals surface area contributed by atoms with Gasteiger partial charge in [-0.05, 0) is 23.6 Å². The second-order valence-electron chi connectivity index (χ2n) is 5.85. The fraction of sp³-hybridized carbons (Fsp3) is 0.429. The van der Waals surface area contributed by atoms with Gasteiger partial charge in [0.2, 0.25) is 0 Å². The average molecular weight is 299 g/mol. The Morgan fingerprint density at radius 1 is 1.35 bits per heavy atom. The first-order valence-corrected chi connectivity index (χ1v) is 6.53. The number of nitrogens with one attached hydrogen (secondary N) is 1. The van der Waals surface area contributed by atoms with Crippen LogP contribution >= 0.6 is 11.6 Å². The molecule has 0 aliphatic rings. The zero-order valence-corrected chi connectivity index (χ0v) is 12.8. The molecule has 0 saturated heterocycles. The molecule has 0 aliphatic carbocycles. The van der Waals surface area contributed by atoms with Crippen LogP contribution in [-0.2, 0) is 0 Å². The maximum Gasteiger partial charge on any atom is 0.337 e. The number of carbonyl (C=O) groups is 2. The van der Waals surface area contributed by atoms with Gasteiger partial charge < -0.3 is 15.3 Å². The average Bonchev–Trinajstić information content (AvgIpc) is 2.26. The van der Waals surface area contributed by atoms with Crippen LogP contribution < -0.4 is 5.32 Å². The molecule has 0 heterocycles. The van der Waals surface area contributed by atoms with Gasteiger partial charge in [-0.2, -0.15) is 0 Å². The molecular formula is C14H19ClN2O3. The second-order valence-corrected chi connectivity index (χ2v) is 6.25. The van der Waals surface area contributed by atoms with E-state index < -0.39 is 5.97 Å². The van der Waals surface area contributed by atoms with Crippen molar-refractivity contribution in [3.8, 4) is 0 Å². The zero-order chi connectivity index (χ0) is 15.5. The molecule has 0 bridgehead atoms. The lowest BCUT2D eigenvalue weighted by Gasteiger charge is -2.26. The number of hydrogen-bond donors (Lipinski definition) is 2. The van der Waals surface area contributed by atoms with Crippen molar-refractivity contribution in [2.24, 2.45) is 5.41 Å². The summed E-state index contributed by atoms with van der Waals surface area (Å²) in [4.78, 5) is 24.4. The quantitative estimate of drug-likeness (QED) is 0.896. The molecule has 110 valence electrons. The Morgan fingerprint density at radius 2 is 1.95 bits per heavy atom. The molecule has 1 aromatic carbocycles. The maximum atomic E-state index is 12.0. The molecule has 2 amide bonds. The molecule has 0 saturated carbocycles. The van der Waals surface area contributed by atoms with Crippen molar-refractivity contribution < 1.29 is 14.7 Å². The minimum atomic E-state index is -1.10. The molecule has 0 spiro atoms. The van der Waals surface area contributed by atoms with E-state index in [2.05, 4.69) is 5.32 Å². The molecule has 6 heteroatoms. The first-order valence-electron chi connectivity index (χ1n) is 6.15. The molecule has 0 aromatic heterocycles. The smallest absolute Gasteiger partial charge is 0.337 e. The monoisotopic (exact) mass is 298 g/mol. The molecule has 0 aliphatic heterocycles. The SMILES string of the molecule is CN(CC(C)(C)C)C(=O)Nc1ccc(C(=O)O)c(Cl)c1. The summed E-state index contributed by atoms with van der Waals surface area (Å²) in [5, 5.41) is 11.6. The standard InChI is InChI=1S/C14H19ClN2O3/c1-14(2,3)8-17(4)13(20)16-9-5-6-10(12(18)19)11(15)7-9/h5-7H,8H2,1-4H3,(H,16,20)(H,18,19). The summed E-state index contributed by atoms with van der Waals surface area (Å²) >= 11 is 5.85. The van der Waals surface area contributed by atoms with E-state index in [1.54, 1.807) is 11.9 Å². The van der Waals surface area contributed by atoms with Gasteiger partial charge in [0.25, 0.3) is 0 Å². The van der Waals surface area contributed by atoms with Gasteiger partial charge in [-0.1, -0.05) is 32.4 Å². The van der Waals surface area contributed by atoms with E-state index in [1.165, 1.54) is 18.2 Å². The van der Waals surface area contributed by atoms with E-state index in [-0.39, 0.29) is 22.0 Å². The van der Waals surface area contributed by atoms with Crippen LogP contribution in [0.25, 0.3) is 0 Å². The summed E-state index contributed by atoms with van der Waals surface area (Å²) < 4.78 is 0. The third-order valence-corrected chi connectivity index (χ3v) is 2.82. The minimum absolute atomic E-state index is 0.00308. The van der Waals surface area contributed by atoms with Gasteiger partial charge in [0.05, 0.1) is 10.6 Å². The van der Waals surface area contributed by atoms with Crippen LogP contribution in [-0.4, -0.2) is 35.6 Å². The minimum Gasteiger partial charge on any atom is -0.478 e. The van der Waals surface area contributed by atoms with Crippen molar-refractivity contribution in [2.75, 3.05) is 18.9 Å². The normalized spacial score (nSPS) is 11.1. The number of carbonyl (C=O) groups excluding carboxylic acids is 1. The van der Waals surface area contributed by atoms with Crippen LogP contribution in [0, 0.1) is 5.41 Å². The van der Waals surface area contributed by atoms with E-state index in [1.807, 2.05) is 20.8 Å². The van der Waals surface area contributed by atoms with E-state index in [0.717, 1.165) is 0 Å². The number of amides is 2. The number of nitrogens with zero attached hydrogens (tertiary/aromatic N) is 1. The van der Waals surface area contributed by atoms with Crippen molar-refractivity contribution in [1.82, 2.24) is 4.90 Å². The highest BCUT2D eigenvalue weighted by atomic mass is 35.5. The molecule has 1 rings (SSSR count). The highest BCUT2D eigenvalue weighted by Gasteiger charge is 2.18. The number of halogens is 1. The third kappa shape index (κ3) is 4.74. The van der Waals surface area contributed by atoms with Crippen molar-refractivity contribution in [3.63, 3.8) is 0 Å². The van der Waals surface area contributed by atoms with Crippen LogP contribution in [0.3, 0.4) is 0 Å². The first kappa shape index (κ1) is 16.3. The van der Waals surface area contributed by atoms with Crippen LogP contribution in [0.15, 0.2) is 18.2 Å². The number of benzene rings is 1. The lowest BCUT2D eigenvalue weighted by atomic mass is 9.96. The molecule has 20 heavy (non-hydrogen) atoms. The van der Waals surface area contributed by atoms with Crippen molar-refractivity contribution in [3.05, 3.63) is 28.8 Å². The number of aromatic carboxylic acids is 1. The molecule has 2 N–H and O–H groups in total. The molecule has 0 unspecified atom stereocenters. The third-order valence-electron chi connectivity index (χ3n) is 2.51. The van der Waals surface area contributed by atoms with Gasteiger partial charge in [0.1, 0.15) is 0 Å². The Labute approximate surface area is 123 Å². The fourth-order valence-electron chi connectivity index (χ4n) is 1.77. The van der Waals surface area contributed by atoms with Gasteiger partial charge in [0, 0.05) is 19.3 Å². The molecule has 0 radical (unpaired) electrons. The summed E-state index contributed by atoms with van der Waals surface area (Å²) in [5.74, 6) is -1.10. The van der Waals surface area contributed by atoms with E-state index in [4.69, 9.17) is 16.7 Å². The lowest BCUT2D eigenvalue weighted by Crippen LogP contribution is -2.37. The summed E-state index contributed by atoms with van der Waals surface area (Å²) in [6.07, 6.45) is 0. The number of anilines is 1. The van der Waals surface area contributed by atoms with Crippen LogP contribution in [0.4, 0.5) is 10.5 Å². The Bertz CT molecular complexity index is 524. The van der Waals surface area contributed by atoms with Gasteiger partial charge in [-0.15, -0.1) is 0 Å². The molecule has 0 atom stereocenters. The predicted molar refractivity (Wildman–Crippen MR) is 79.5 cm³/mol. The van der Waals surface area contributed by atoms with Crippen LogP contribution in [0.5, 0.6) is 0 Å². The first-order chi connectivity index (χ1) is 9.10. The Morgan fingerprint density at radius 3 is 2.40 bits per heavy atom. The highest BCUT2D eigenvalue weighted by molar-refractivity contribution is 6.33. The topological polar surface area (TPSA) is 69.6 Å². The largest absolute Gasteiger partial charge is 0.478 e. The summed E-state index contributed by atoms with van der Waals surface area (Å²) in [6, 6.07) is 4.04. The molecule has 0 fully saturated rings. The van der Waals surface area contributed by atoms with Crippen molar-refractivity contribution in [1.29, 1.82) is 0 Å². The fourth-order valence-corrected chi connectivity index (χ4v) is 2.03. The second kappa shape index (κ2) is 6.13. The number of hydrogen-bond acceptors (Lipinski definition) is 2. The van der Waals surface area contributed by atoms with Gasteiger partial charge in [0.15, 0.2) is 0 Å². The number of carboxylic acid groups (broad SMARTS) is 1. The Hall–Kier alpha value is -1.75. The predicted octanol–water partition coefficient (Wildman–Crippen LogP) is 3.55. The van der Waals surface area contributed by atoms with E-state index in [9.17, 15) is 9.59 Å². The molecule has 5 nitrogen and oxygen atoms in total. The van der Waals surface area contributed by atoms with Crippen molar-refractivity contribution >= 4 is 29.3 Å². The van der Waals surface area contributed by atoms with Gasteiger partial charge in [-0.25, -0.2) is 9.59 Å². The zero-order valence-electron chi connectivity index (χ0n) is 12.0. The Kier molecular flexibility index (Phi) is 5.00. The summed E-state index contributed by atoms with van der Waals surface area (Å²) in [6.45, 7) is 6.71. The molecular weight excluding hydrogens is 280 g/mol.